The van der Waals surface area contributed by atoms with Crippen LogP contribution in [-0.4, -0.2) is 43.9 Å². The highest BCUT2D eigenvalue weighted by Crippen LogP contribution is 2.18. The fourth-order valence-corrected chi connectivity index (χ4v) is 1.38. The Hall–Kier alpha value is -3.42. The van der Waals surface area contributed by atoms with Gasteiger partial charge in [0, 0.05) is 23.3 Å². The minimum Gasteiger partial charge on any atom is -0.507 e. The van der Waals surface area contributed by atoms with Crippen LogP contribution in [0.2, 0.25) is 0 Å². The molecule has 1 aromatic rings. The Bertz CT molecular complexity index is 654. The van der Waals surface area contributed by atoms with Crippen LogP contribution < -0.4 is 0 Å². The van der Waals surface area contributed by atoms with E-state index in [4.69, 9.17) is 10.2 Å². The zero-order chi connectivity index (χ0) is 16.9. The van der Waals surface area contributed by atoms with Crippen molar-refractivity contribution in [2.75, 3.05) is 0 Å². The van der Waals surface area contributed by atoms with Crippen molar-refractivity contribution >= 4 is 35.0 Å². The minimum absolute atomic E-state index is 0.00479. The molecule has 0 unspecified atom stereocenters. The topological polar surface area (TPSA) is 149 Å². The average Bonchev–Trinajstić information content (AvgIpc) is 2.46. The van der Waals surface area contributed by atoms with Crippen LogP contribution in [0.4, 0.5) is 0 Å². The summed E-state index contributed by atoms with van der Waals surface area (Å²) < 4.78 is 0. The zero-order valence-electron chi connectivity index (χ0n) is 10.9. The fraction of sp³-hybridized carbons (Fsp3) is 0. The summed E-state index contributed by atoms with van der Waals surface area (Å²) in [7, 11) is 0. The van der Waals surface area contributed by atoms with Gasteiger partial charge < -0.3 is 20.4 Å². The van der Waals surface area contributed by atoms with Gasteiger partial charge in [0.25, 0.3) is 11.6 Å². The average molecular weight is 306 g/mol. The van der Waals surface area contributed by atoms with Gasteiger partial charge in [-0.15, -0.1) is 0 Å². The molecule has 114 valence electrons. The van der Waals surface area contributed by atoms with Crippen LogP contribution in [0.1, 0.15) is 11.1 Å². The zero-order valence-corrected chi connectivity index (χ0v) is 10.9. The van der Waals surface area contributed by atoms with Gasteiger partial charge in [0.05, 0.1) is 0 Å². The molecule has 0 atom stereocenters. The number of benzene rings is 1. The molecule has 0 aromatic heterocycles. The van der Waals surface area contributed by atoms with Crippen molar-refractivity contribution in [2.45, 2.75) is 0 Å². The Morgan fingerprint density at radius 2 is 1.09 bits per heavy atom. The summed E-state index contributed by atoms with van der Waals surface area (Å²) >= 11 is 0. The van der Waals surface area contributed by atoms with Crippen LogP contribution in [0.5, 0.6) is 0 Å². The molecule has 8 nitrogen and oxygen atoms in total. The Morgan fingerprint density at radius 1 is 0.727 bits per heavy atom. The van der Waals surface area contributed by atoms with E-state index in [2.05, 4.69) is 0 Å². The Labute approximate surface area is 123 Å². The summed E-state index contributed by atoms with van der Waals surface area (Å²) in [6, 6.07) is 5.12. The second-order valence-corrected chi connectivity index (χ2v) is 3.98. The van der Waals surface area contributed by atoms with E-state index in [1.54, 1.807) is 0 Å². The van der Waals surface area contributed by atoms with Crippen molar-refractivity contribution in [2.24, 2.45) is 0 Å². The number of carboxylic acids is 2. The lowest BCUT2D eigenvalue weighted by Crippen LogP contribution is -2.10. The van der Waals surface area contributed by atoms with Crippen molar-refractivity contribution in [1.82, 2.24) is 0 Å². The largest absolute Gasteiger partial charge is 0.507 e. The van der Waals surface area contributed by atoms with E-state index in [9.17, 15) is 29.4 Å². The number of hydrogen-bond donors (Lipinski definition) is 4. The van der Waals surface area contributed by atoms with Gasteiger partial charge in [0.2, 0.25) is 0 Å². The smallest absolute Gasteiger partial charge is 0.376 e. The number of aliphatic carboxylic acids is 2. The first-order chi connectivity index (χ1) is 10.2. The van der Waals surface area contributed by atoms with Crippen molar-refractivity contribution in [3.05, 3.63) is 47.5 Å². The molecule has 0 aliphatic carbocycles. The highest BCUT2D eigenvalue weighted by Gasteiger charge is 2.13. The number of carbonyl (C=O) groups excluding carboxylic acids is 2. The summed E-state index contributed by atoms with van der Waals surface area (Å²) in [4.78, 5) is 42.7. The molecule has 0 spiro atoms. The van der Waals surface area contributed by atoms with E-state index in [0.29, 0.717) is 12.2 Å². The van der Waals surface area contributed by atoms with Crippen LogP contribution in [0.15, 0.2) is 36.4 Å². The van der Waals surface area contributed by atoms with Crippen LogP contribution in [-0.2, 0) is 19.2 Å². The van der Waals surface area contributed by atoms with Crippen LogP contribution >= 0.6 is 0 Å². The predicted octanol–water partition coefficient (Wildman–Crippen LogP) is 0.792. The second-order valence-electron chi connectivity index (χ2n) is 3.98. The summed E-state index contributed by atoms with van der Waals surface area (Å²) in [5.74, 6) is -7.51. The fourth-order valence-electron chi connectivity index (χ4n) is 1.38. The molecular formula is C14H10O8. The number of hydrogen-bond acceptors (Lipinski definition) is 6. The third-order valence-corrected chi connectivity index (χ3v) is 2.41. The number of rotatable bonds is 6. The number of aliphatic hydroxyl groups is 2. The second kappa shape index (κ2) is 6.84. The summed E-state index contributed by atoms with van der Waals surface area (Å²) in [6.07, 6.45) is 0.954. The lowest BCUT2D eigenvalue weighted by Gasteiger charge is -2.04. The summed E-state index contributed by atoms with van der Waals surface area (Å²) in [5.41, 5.74) is -0.00959. The molecule has 0 fully saturated rings. The first-order valence-corrected chi connectivity index (χ1v) is 5.69. The highest BCUT2D eigenvalue weighted by molar-refractivity contribution is 6.39. The molecule has 22 heavy (non-hydrogen) atoms. The third kappa shape index (κ3) is 4.30. The van der Waals surface area contributed by atoms with Gasteiger partial charge in [-0.25, -0.2) is 9.59 Å². The quantitative estimate of drug-likeness (QED) is 0.342. The van der Waals surface area contributed by atoms with Gasteiger partial charge in [-0.1, -0.05) is 18.2 Å². The maximum absolute atomic E-state index is 11.0. The van der Waals surface area contributed by atoms with E-state index in [-0.39, 0.29) is 11.1 Å². The van der Waals surface area contributed by atoms with E-state index < -0.39 is 35.0 Å². The number of carboxylic acid groups (broad SMARTS) is 2. The molecule has 0 aliphatic heterocycles. The normalized spacial score (nSPS) is 11.8. The molecule has 0 aliphatic rings. The summed E-state index contributed by atoms with van der Waals surface area (Å²) in [6.45, 7) is 0. The van der Waals surface area contributed by atoms with Gasteiger partial charge in [0.15, 0.2) is 0 Å². The molecular weight excluding hydrogens is 296 g/mol. The Morgan fingerprint density at radius 3 is 1.41 bits per heavy atom. The molecule has 1 rings (SSSR count). The van der Waals surface area contributed by atoms with Gasteiger partial charge in [-0.3, -0.25) is 9.59 Å². The monoisotopic (exact) mass is 306 g/mol. The number of ketones is 2. The molecule has 0 heterocycles. The van der Waals surface area contributed by atoms with Crippen LogP contribution in [0, 0.1) is 0 Å². The SMILES string of the molecule is O=C(O)C(=O)/C=C(\O)c1cccc(/C(O)=C\C(=O)C(=O)O)c1. The molecule has 0 radical (unpaired) electrons. The number of carbonyl (C=O) groups is 4. The lowest BCUT2D eigenvalue weighted by molar-refractivity contribution is -0.146. The van der Waals surface area contributed by atoms with Gasteiger partial charge in [-0.05, 0) is 6.07 Å². The maximum atomic E-state index is 11.0. The maximum Gasteiger partial charge on any atom is 0.376 e. The first-order valence-electron chi connectivity index (χ1n) is 5.69. The van der Waals surface area contributed by atoms with Gasteiger partial charge in [-0.2, -0.15) is 0 Å². The first kappa shape index (κ1) is 16.6. The van der Waals surface area contributed by atoms with Crippen LogP contribution in [0.3, 0.4) is 0 Å². The highest BCUT2D eigenvalue weighted by atomic mass is 16.4. The van der Waals surface area contributed by atoms with Crippen molar-refractivity contribution in [3.8, 4) is 0 Å². The molecule has 1 aromatic carbocycles. The molecule has 0 saturated heterocycles. The molecule has 0 saturated carbocycles. The third-order valence-electron chi connectivity index (χ3n) is 2.41. The van der Waals surface area contributed by atoms with Crippen molar-refractivity contribution < 1.29 is 39.6 Å². The summed E-state index contributed by atoms with van der Waals surface area (Å²) in [5, 5.41) is 36.1. The molecule has 0 amide bonds. The molecule has 4 N–H and O–H groups in total. The molecule has 8 heteroatoms. The minimum atomic E-state index is -1.75. The van der Waals surface area contributed by atoms with Crippen LogP contribution in [0.25, 0.3) is 11.5 Å². The van der Waals surface area contributed by atoms with Gasteiger partial charge in [0.1, 0.15) is 11.5 Å². The predicted molar refractivity (Wildman–Crippen MR) is 72.9 cm³/mol. The van der Waals surface area contributed by atoms with E-state index >= 15 is 0 Å². The van der Waals surface area contributed by atoms with Gasteiger partial charge >= 0.3 is 11.9 Å². The van der Waals surface area contributed by atoms with Crippen molar-refractivity contribution in [3.63, 3.8) is 0 Å². The molecule has 0 bridgehead atoms. The van der Waals surface area contributed by atoms with E-state index in [1.807, 2.05) is 0 Å². The number of aliphatic hydroxyl groups excluding tert-OH is 2. The van der Waals surface area contributed by atoms with E-state index in [1.165, 1.54) is 18.2 Å². The van der Waals surface area contributed by atoms with Crippen molar-refractivity contribution in [1.29, 1.82) is 0 Å². The Kier molecular flexibility index (Phi) is 5.17. The standard InChI is InChI=1S/C14H10O8/c15-9(5-11(17)13(19)20)7-2-1-3-8(4-7)10(16)6-12(18)14(21)22/h1-6,15-16H,(H,19,20)(H,21,22)/b9-5-,10-6+. The van der Waals surface area contributed by atoms with E-state index in [0.717, 1.165) is 6.07 Å². The lowest BCUT2D eigenvalue weighted by atomic mass is 10.1. The Balaban J connectivity index is 3.14.